The van der Waals surface area contributed by atoms with Crippen LogP contribution in [-0.4, -0.2) is 29.5 Å². The summed E-state index contributed by atoms with van der Waals surface area (Å²) in [5.41, 5.74) is -0.459. The van der Waals surface area contributed by atoms with E-state index in [0.29, 0.717) is 0 Å². The summed E-state index contributed by atoms with van der Waals surface area (Å²) in [6, 6.07) is 0. The monoisotopic (exact) mass is 188 g/mol. The molecule has 0 spiro atoms. The number of hydrogen-bond acceptors (Lipinski definition) is 3. The molecule has 1 rings (SSSR count). The van der Waals surface area contributed by atoms with Crippen LogP contribution >= 0.6 is 11.8 Å². The second-order valence-corrected chi connectivity index (χ2v) is 4.69. The first kappa shape index (κ1) is 10.1. The van der Waals surface area contributed by atoms with Crippen LogP contribution in [0.2, 0.25) is 0 Å². The molecule has 0 aliphatic carbocycles. The van der Waals surface area contributed by atoms with Crippen molar-refractivity contribution in [2.24, 2.45) is 0 Å². The summed E-state index contributed by atoms with van der Waals surface area (Å²) >= 11 is 1.90. The molecule has 0 aromatic heterocycles. The Morgan fingerprint density at radius 3 is 2.42 bits per heavy atom. The minimum Gasteiger partial charge on any atom is -0.365 e. The fourth-order valence-electron chi connectivity index (χ4n) is 1.45. The lowest BCUT2D eigenvalue weighted by molar-refractivity contribution is -0.138. The van der Waals surface area contributed by atoms with Crippen molar-refractivity contribution in [2.75, 3.05) is 11.5 Å². The third-order valence-corrected chi connectivity index (χ3v) is 3.01. The highest BCUT2D eigenvalue weighted by Gasteiger charge is 2.33. The van der Waals surface area contributed by atoms with Crippen molar-refractivity contribution in [3.8, 4) is 0 Å². The maximum Gasteiger partial charge on any atom is 0.151 e. The normalized spacial score (nSPS) is 22.6. The zero-order valence-corrected chi connectivity index (χ0v) is 8.52. The predicted octanol–water partition coefficient (Wildman–Crippen LogP) is 1.88. The molecule has 0 N–H and O–H groups in total. The number of carbonyl (C=O) groups excluding carboxylic acids is 1. The second-order valence-electron chi connectivity index (χ2n) is 3.46. The van der Waals surface area contributed by atoms with Crippen LogP contribution in [0.1, 0.15) is 26.7 Å². The van der Waals surface area contributed by atoms with Crippen molar-refractivity contribution in [1.82, 2.24) is 0 Å². The Hall–Kier alpha value is -0.0200. The molecular weight excluding hydrogens is 172 g/mol. The van der Waals surface area contributed by atoms with Crippen molar-refractivity contribution in [3.05, 3.63) is 0 Å². The van der Waals surface area contributed by atoms with Gasteiger partial charge < -0.3 is 9.53 Å². The molecular formula is C9H16O2S. The Bertz CT molecular complexity index is 151. The summed E-state index contributed by atoms with van der Waals surface area (Å²) in [5, 5.41) is 0. The van der Waals surface area contributed by atoms with E-state index in [0.717, 1.165) is 30.6 Å². The van der Waals surface area contributed by atoms with Gasteiger partial charge in [-0.2, -0.15) is 11.8 Å². The van der Waals surface area contributed by atoms with Gasteiger partial charge in [0.25, 0.3) is 0 Å². The Morgan fingerprint density at radius 2 is 2.00 bits per heavy atom. The van der Waals surface area contributed by atoms with E-state index >= 15 is 0 Å². The molecule has 0 aromatic carbocycles. The molecule has 1 aliphatic heterocycles. The molecule has 70 valence electrons. The molecule has 3 heteroatoms. The zero-order chi connectivity index (χ0) is 9.03. The maximum absolute atomic E-state index is 10.9. The highest BCUT2D eigenvalue weighted by Crippen LogP contribution is 2.29. The lowest BCUT2D eigenvalue weighted by Crippen LogP contribution is -2.40. The third-order valence-electron chi connectivity index (χ3n) is 2.02. The zero-order valence-electron chi connectivity index (χ0n) is 7.71. The fraction of sp³-hybridized carbons (Fsp3) is 0.889. The van der Waals surface area contributed by atoms with Gasteiger partial charge in [0.1, 0.15) is 5.60 Å². The van der Waals surface area contributed by atoms with Gasteiger partial charge >= 0.3 is 0 Å². The van der Waals surface area contributed by atoms with Gasteiger partial charge in [0.05, 0.1) is 6.10 Å². The minimum absolute atomic E-state index is 0.151. The first-order chi connectivity index (χ1) is 5.68. The van der Waals surface area contributed by atoms with E-state index in [1.165, 1.54) is 0 Å². The topological polar surface area (TPSA) is 26.3 Å². The van der Waals surface area contributed by atoms with E-state index in [2.05, 4.69) is 0 Å². The van der Waals surface area contributed by atoms with E-state index in [4.69, 9.17) is 4.74 Å². The van der Waals surface area contributed by atoms with E-state index in [1.54, 1.807) is 0 Å². The number of thioether (sulfide) groups is 1. The Kier molecular flexibility index (Phi) is 3.59. The van der Waals surface area contributed by atoms with Crippen molar-refractivity contribution < 1.29 is 9.53 Å². The SMILES string of the molecule is CC(C)OC1(C=O)CCSCC1. The van der Waals surface area contributed by atoms with Crippen LogP contribution in [-0.2, 0) is 9.53 Å². The molecule has 0 atom stereocenters. The van der Waals surface area contributed by atoms with Crippen molar-refractivity contribution in [2.45, 2.75) is 38.4 Å². The predicted molar refractivity (Wildman–Crippen MR) is 51.6 cm³/mol. The molecule has 0 bridgehead atoms. The summed E-state index contributed by atoms with van der Waals surface area (Å²) in [6.45, 7) is 3.96. The summed E-state index contributed by atoms with van der Waals surface area (Å²) in [5.74, 6) is 2.09. The number of hydrogen-bond donors (Lipinski definition) is 0. The van der Waals surface area contributed by atoms with Gasteiger partial charge in [-0.05, 0) is 38.2 Å². The first-order valence-electron chi connectivity index (χ1n) is 4.40. The van der Waals surface area contributed by atoms with E-state index < -0.39 is 5.60 Å². The number of aldehydes is 1. The second kappa shape index (κ2) is 4.28. The van der Waals surface area contributed by atoms with E-state index in [-0.39, 0.29) is 6.10 Å². The van der Waals surface area contributed by atoms with Crippen LogP contribution in [0.4, 0.5) is 0 Å². The molecule has 1 fully saturated rings. The van der Waals surface area contributed by atoms with Gasteiger partial charge in [-0.1, -0.05) is 0 Å². The molecule has 0 amide bonds. The molecule has 0 aromatic rings. The van der Waals surface area contributed by atoms with Gasteiger partial charge in [0.15, 0.2) is 6.29 Å². The Labute approximate surface area is 78.1 Å². The Morgan fingerprint density at radius 1 is 1.42 bits per heavy atom. The first-order valence-corrected chi connectivity index (χ1v) is 5.56. The number of ether oxygens (including phenoxy) is 1. The average Bonchev–Trinajstić information content (AvgIpc) is 2.05. The quantitative estimate of drug-likeness (QED) is 0.632. The molecule has 1 saturated heterocycles. The fourth-order valence-corrected chi connectivity index (χ4v) is 2.63. The van der Waals surface area contributed by atoms with Gasteiger partial charge in [-0.25, -0.2) is 0 Å². The van der Waals surface area contributed by atoms with Crippen molar-refractivity contribution in [1.29, 1.82) is 0 Å². The van der Waals surface area contributed by atoms with Crippen LogP contribution in [0.5, 0.6) is 0 Å². The average molecular weight is 188 g/mol. The van der Waals surface area contributed by atoms with Gasteiger partial charge in [-0.3, -0.25) is 0 Å². The van der Waals surface area contributed by atoms with Crippen LogP contribution in [0.25, 0.3) is 0 Å². The van der Waals surface area contributed by atoms with Crippen LogP contribution < -0.4 is 0 Å². The van der Waals surface area contributed by atoms with Crippen LogP contribution in [0.15, 0.2) is 0 Å². The molecule has 1 aliphatic rings. The maximum atomic E-state index is 10.9. The van der Waals surface area contributed by atoms with Crippen molar-refractivity contribution >= 4 is 18.0 Å². The highest BCUT2D eigenvalue weighted by atomic mass is 32.2. The smallest absolute Gasteiger partial charge is 0.151 e. The minimum atomic E-state index is -0.459. The molecule has 12 heavy (non-hydrogen) atoms. The summed E-state index contributed by atoms with van der Waals surface area (Å²) in [6.07, 6.45) is 2.89. The highest BCUT2D eigenvalue weighted by molar-refractivity contribution is 7.99. The van der Waals surface area contributed by atoms with Gasteiger partial charge in [0, 0.05) is 0 Å². The molecule has 0 saturated carbocycles. The Balaban J connectivity index is 2.53. The standard InChI is InChI=1S/C9H16O2S/c1-8(2)11-9(7-10)3-5-12-6-4-9/h7-8H,3-6H2,1-2H3. The summed E-state index contributed by atoms with van der Waals surface area (Å²) in [4.78, 5) is 10.9. The summed E-state index contributed by atoms with van der Waals surface area (Å²) < 4.78 is 5.65. The third kappa shape index (κ3) is 2.49. The molecule has 2 nitrogen and oxygen atoms in total. The molecule has 1 heterocycles. The molecule has 0 unspecified atom stereocenters. The van der Waals surface area contributed by atoms with E-state index in [9.17, 15) is 4.79 Å². The number of rotatable bonds is 3. The van der Waals surface area contributed by atoms with E-state index in [1.807, 2.05) is 25.6 Å². The number of carbonyl (C=O) groups is 1. The summed E-state index contributed by atoms with van der Waals surface area (Å²) in [7, 11) is 0. The van der Waals surface area contributed by atoms with Gasteiger partial charge in [-0.15, -0.1) is 0 Å². The van der Waals surface area contributed by atoms with Crippen LogP contribution in [0, 0.1) is 0 Å². The van der Waals surface area contributed by atoms with Gasteiger partial charge in [0.2, 0.25) is 0 Å². The lowest BCUT2D eigenvalue weighted by atomic mass is 9.98. The largest absolute Gasteiger partial charge is 0.365 e. The lowest BCUT2D eigenvalue weighted by Gasteiger charge is -2.33. The van der Waals surface area contributed by atoms with Crippen LogP contribution in [0.3, 0.4) is 0 Å². The van der Waals surface area contributed by atoms with Crippen molar-refractivity contribution in [3.63, 3.8) is 0 Å². The molecule has 0 radical (unpaired) electrons.